The van der Waals surface area contributed by atoms with Gasteiger partial charge < -0.3 is 15.4 Å². The minimum atomic E-state index is -0.410. The van der Waals surface area contributed by atoms with Gasteiger partial charge in [-0.25, -0.2) is 0 Å². The molecule has 3 aromatic rings. The van der Waals surface area contributed by atoms with E-state index in [9.17, 15) is 9.59 Å². The summed E-state index contributed by atoms with van der Waals surface area (Å²) in [5, 5.41) is 16.7. The van der Waals surface area contributed by atoms with Crippen LogP contribution in [0.5, 0.6) is 5.75 Å². The molecule has 0 aliphatic carbocycles. The van der Waals surface area contributed by atoms with Gasteiger partial charge in [0.25, 0.3) is 11.8 Å². The molecule has 29 heavy (non-hydrogen) atoms. The fourth-order valence-corrected chi connectivity index (χ4v) is 2.72. The van der Waals surface area contributed by atoms with Crippen LogP contribution in [0.3, 0.4) is 0 Å². The average Bonchev–Trinajstić information content (AvgIpc) is 3.39. The minimum Gasteiger partial charge on any atom is -0.497 e. The zero-order chi connectivity index (χ0) is 20.8. The quantitative estimate of drug-likeness (QED) is 0.542. The summed E-state index contributed by atoms with van der Waals surface area (Å²) < 4.78 is 6.82. The van der Waals surface area contributed by atoms with Crippen molar-refractivity contribution in [2.75, 3.05) is 19.0 Å². The van der Waals surface area contributed by atoms with Gasteiger partial charge in [-0.3, -0.25) is 19.4 Å². The molecule has 1 aromatic carbocycles. The Balaban J connectivity index is 1.79. The summed E-state index contributed by atoms with van der Waals surface area (Å²) in [6, 6.07) is 9.04. The Kier molecular flexibility index (Phi) is 6.28. The largest absolute Gasteiger partial charge is 0.497 e. The number of hydrogen-bond acceptors (Lipinski definition) is 5. The SMILES string of the molecule is CCCNC(=O)c1nn(CC)cc1NC(=O)c1cc(-c2cccc(OC)c2)n[nH]1. The lowest BCUT2D eigenvalue weighted by Gasteiger charge is -2.04. The number of nitrogens with one attached hydrogen (secondary N) is 3. The van der Waals surface area contributed by atoms with Crippen molar-refractivity contribution in [2.45, 2.75) is 26.8 Å². The molecule has 3 N–H and O–H groups in total. The first-order valence-electron chi connectivity index (χ1n) is 9.42. The van der Waals surface area contributed by atoms with E-state index >= 15 is 0 Å². The van der Waals surface area contributed by atoms with E-state index in [2.05, 4.69) is 25.9 Å². The molecule has 3 rings (SSSR count). The molecule has 9 nitrogen and oxygen atoms in total. The van der Waals surface area contributed by atoms with Gasteiger partial charge in [-0.2, -0.15) is 10.2 Å². The van der Waals surface area contributed by atoms with E-state index in [0.717, 1.165) is 12.0 Å². The molecule has 2 amide bonds. The number of methoxy groups -OCH3 is 1. The zero-order valence-corrected chi connectivity index (χ0v) is 16.7. The topological polar surface area (TPSA) is 114 Å². The molecule has 2 aromatic heterocycles. The molecule has 0 atom stereocenters. The summed E-state index contributed by atoms with van der Waals surface area (Å²) in [6.07, 6.45) is 2.45. The molecule has 152 valence electrons. The van der Waals surface area contributed by atoms with Gasteiger partial charge in [0.2, 0.25) is 0 Å². The second kappa shape index (κ2) is 9.05. The van der Waals surface area contributed by atoms with Gasteiger partial charge >= 0.3 is 0 Å². The van der Waals surface area contributed by atoms with Crippen molar-refractivity contribution in [3.05, 3.63) is 47.9 Å². The second-order valence-corrected chi connectivity index (χ2v) is 6.36. The highest BCUT2D eigenvalue weighted by Crippen LogP contribution is 2.23. The summed E-state index contributed by atoms with van der Waals surface area (Å²) in [6.45, 7) is 4.98. The van der Waals surface area contributed by atoms with E-state index in [0.29, 0.717) is 30.2 Å². The third-order valence-corrected chi connectivity index (χ3v) is 4.27. The maximum Gasteiger partial charge on any atom is 0.273 e. The van der Waals surface area contributed by atoms with E-state index < -0.39 is 5.91 Å². The molecule has 0 spiro atoms. The van der Waals surface area contributed by atoms with Crippen LogP contribution >= 0.6 is 0 Å². The fourth-order valence-electron chi connectivity index (χ4n) is 2.72. The summed E-state index contributed by atoms with van der Waals surface area (Å²) in [5.41, 5.74) is 2.23. The fraction of sp³-hybridized carbons (Fsp3) is 0.300. The van der Waals surface area contributed by atoms with Gasteiger partial charge in [0, 0.05) is 24.8 Å². The first-order valence-corrected chi connectivity index (χ1v) is 9.42. The van der Waals surface area contributed by atoms with E-state index in [4.69, 9.17) is 4.74 Å². The molecule has 0 bridgehead atoms. The Bertz CT molecular complexity index is 1010. The summed E-state index contributed by atoms with van der Waals surface area (Å²) in [4.78, 5) is 25.0. The summed E-state index contributed by atoms with van der Waals surface area (Å²) in [5.74, 6) is -0.0333. The maximum absolute atomic E-state index is 12.7. The van der Waals surface area contributed by atoms with Crippen molar-refractivity contribution in [1.82, 2.24) is 25.3 Å². The van der Waals surface area contributed by atoms with Crippen molar-refractivity contribution in [1.29, 1.82) is 0 Å². The van der Waals surface area contributed by atoms with Gasteiger partial charge in [0.05, 0.1) is 18.5 Å². The molecule has 0 saturated heterocycles. The number of aromatic nitrogens is 4. The lowest BCUT2D eigenvalue weighted by atomic mass is 10.1. The normalized spacial score (nSPS) is 10.6. The molecule has 0 saturated carbocycles. The minimum absolute atomic E-state index is 0.182. The third kappa shape index (κ3) is 4.63. The number of benzene rings is 1. The number of ether oxygens (including phenoxy) is 1. The van der Waals surface area contributed by atoms with Crippen LogP contribution in [0.25, 0.3) is 11.3 Å². The number of anilines is 1. The number of rotatable bonds is 8. The molecule has 0 unspecified atom stereocenters. The number of carbonyl (C=O) groups is 2. The predicted molar refractivity (Wildman–Crippen MR) is 109 cm³/mol. The first kappa shape index (κ1) is 20.1. The Morgan fingerprint density at radius 1 is 1.21 bits per heavy atom. The molecular formula is C20H24N6O3. The molecule has 2 heterocycles. The van der Waals surface area contributed by atoms with Gasteiger partial charge in [0.1, 0.15) is 11.4 Å². The average molecular weight is 396 g/mol. The third-order valence-electron chi connectivity index (χ3n) is 4.27. The predicted octanol–water partition coefficient (Wildman–Crippen LogP) is 2.69. The van der Waals surface area contributed by atoms with Crippen LogP contribution in [0.2, 0.25) is 0 Å². The van der Waals surface area contributed by atoms with Crippen LogP contribution < -0.4 is 15.4 Å². The Labute approximate surface area is 168 Å². The highest BCUT2D eigenvalue weighted by molar-refractivity contribution is 6.07. The maximum atomic E-state index is 12.7. The molecular weight excluding hydrogens is 372 g/mol. The lowest BCUT2D eigenvalue weighted by molar-refractivity contribution is 0.0948. The van der Waals surface area contributed by atoms with Crippen LogP contribution in [-0.2, 0) is 6.54 Å². The number of nitrogens with zero attached hydrogens (tertiary/aromatic N) is 3. The number of hydrogen-bond donors (Lipinski definition) is 3. The van der Waals surface area contributed by atoms with Crippen LogP contribution in [0.15, 0.2) is 36.5 Å². The smallest absolute Gasteiger partial charge is 0.273 e. The highest BCUT2D eigenvalue weighted by atomic mass is 16.5. The number of aryl methyl sites for hydroxylation is 1. The van der Waals surface area contributed by atoms with Gasteiger partial charge in [-0.05, 0) is 31.5 Å². The number of amides is 2. The van der Waals surface area contributed by atoms with Crippen LogP contribution in [0.4, 0.5) is 5.69 Å². The monoisotopic (exact) mass is 396 g/mol. The van der Waals surface area contributed by atoms with Gasteiger partial charge in [0.15, 0.2) is 5.69 Å². The van der Waals surface area contributed by atoms with Crippen molar-refractivity contribution < 1.29 is 14.3 Å². The lowest BCUT2D eigenvalue weighted by Crippen LogP contribution is -2.26. The van der Waals surface area contributed by atoms with Crippen molar-refractivity contribution >= 4 is 17.5 Å². The van der Waals surface area contributed by atoms with Crippen LogP contribution in [0.1, 0.15) is 41.2 Å². The second-order valence-electron chi connectivity index (χ2n) is 6.36. The zero-order valence-electron chi connectivity index (χ0n) is 16.7. The Hall–Kier alpha value is -3.62. The van der Waals surface area contributed by atoms with E-state index in [1.54, 1.807) is 24.1 Å². The Morgan fingerprint density at radius 3 is 2.76 bits per heavy atom. The summed E-state index contributed by atoms with van der Waals surface area (Å²) >= 11 is 0. The first-order chi connectivity index (χ1) is 14.0. The highest BCUT2D eigenvalue weighted by Gasteiger charge is 2.20. The standard InChI is InChI=1S/C20H24N6O3/c1-4-9-21-20(28)18-17(12-26(5-2)25-18)22-19(27)16-11-15(23-24-16)13-7-6-8-14(10-13)29-3/h6-8,10-12H,4-5,9H2,1-3H3,(H,21,28)(H,22,27)(H,23,24). The van der Waals surface area contributed by atoms with Gasteiger partial charge in [-0.15, -0.1) is 0 Å². The number of aromatic amines is 1. The number of H-pyrrole nitrogens is 1. The number of carbonyl (C=O) groups excluding carboxylic acids is 2. The van der Waals surface area contributed by atoms with Gasteiger partial charge in [-0.1, -0.05) is 19.1 Å². The molecule has 0 radical (unpaired) electrons. The molecule has 0 aliphatic heterocycles. The molecule has 9 heteroatoms. The van der Waals surface area contributed by atoms with Crippen molar-refractivity contribution in [2.24, 2.45) is 0 Å². The van der Waals surface area contributed by atoms with E-state index in [1.807, 2.05) is 38.1 Å². The van der Waals surface area contributed by atoms with E-state index in [1.165, 1.54) is 0 Å². The van der Waals surface area contributed by atoms with Crippen molar-refractivity contribution in [3.8, 4) is 17.0 Å². The molecule has 0 fully saturated rings. The van der Waals surface area contributed by atoms with Crippen LogP contribution in [0, 0.1) is 0 Å². The molecule has 0 aliphatic rings. The Morgan fingerprint density at radius 2 is 2.03 bits per heavy atom. The van der Waals surface area contributed by atoms with Crippen LogP contribution in [-0.4, -0.2) is 45.4 Å². The van der Waals surface area contributed by atoms with Crippen molar-refractivity contribution in [3.63, 3.8) is 0 Å². The van der Waals surface area contributed by atoms with E-state index in [-0.39, 0.29) is 17.3 Å². The summed E-state index contributed by atoms with van der Waals surface area (Å²) in [7, 11) is 1.59.